The Labute approximate surface area is 135 Å². The van der Waals surface area contributed by atoms with Crippen LogP contribution < -0.4 is 9.47 Å². The summed E-state index contributed by atoms with van der Waals surface area (Å²) in [7, 11) is 6.36. The molecule has 0 aliphatic carbocycles. The Kier molecular flexibility index (Phi) is 4.87. The number of likely N-dealkylation sites (N-methyl/N-ethyl adjacent to an activating group) is 1. The third-order valence-electron chi connectivity index (χ3n) is 3.50. The van der Waals surface area contributed by atoms with Crippen molar-refractivity contribution in [3.8, 4) is 17.6 Å². The zero-order valence-corrected chi connectivity index (χ0v) is 13.6. The Hall–Kier alpha value is -3.00. The zero-order chi connectivity index (χ0) is 17.0. The largest absolute Gasteiger partial charge is 0.497 e. The van der Waals surface area contributed by atoms with Gasteiger partial charge in [-0.05, 0) is 35.0 Å². The summed E-state index contributed by atoms with van der Waals surface area (Å²) < 4.78 is 10.7. The SMILES string of the molecule is COc1ccc2ccc(OC)c(/C=C(/C#N)C(=O)N(C)C)c2c1. The van der Waals surface area contributed by atoms with E-state index in [-0.39, 0.29) is 11.5 Å². The lowest BCUT2D eigenvalue weighted by Gasteiger charge is -2.12. The van der Waals surface area contributed by atoms with Crippen LogP contribution >= 0.6 is 0 Å². The van der Waals surface area contributed by atoms with Gasteiger partial charge in [0.2, 0.25) is 0 Å². The van der Waals surface area contributed by atoms with Gasteiger partial charge in [-0.3, -0.25) is 4.79 Å². The van der Waals surface area contributed by atoms with Crippen LogP contribution in [0.1, 0.15) is 5.56 Å². The topological polar surface area (TPSA) is 62.6 Å². The molecule has 2 rings (SSSR count). The molecule has 2 aromatic carbocycles. The summed E-state index contributed by atoms with van der Waals surface area (Å²) in [4.78, 5) is 13.5. The lowest BCUT2D eigenvalue weighted by molar-refractivity contribution is -0.124. The van der Waals surface area contributed by atoms with E-state index in [4.69, 9.17) is 9.47 Å². The van der Waals surface area contributed by atoms with Crippen molar-refractivity contribution in [2.24, 2.45) is 0 Å². The maximum Gasteiger partial charge on any atom is 0.264 e. The lowest BCUT2D eigenvalue weighted by Crippen LogP contribution is -2.22. The average molecular weight is 310 g/mol. The van der Waals surface area contributed by atoms with Crippen molar-refractivity contribution in [1.82, 2.24) is 4.90 Å². The summed E-state index contributed by atoms with van der Waals surface area (Å²) in [6.07, 6.45) is 1.56. The molecule has 0 N–H and O–H groups in total. The van der Waals surface area contributed by atoms with E-state index in [1.54, 1.807) is 34.4 Å². The average Bonchev–Trinajstić information content (AvgIpc) is 2.58. The molecule has 1 amide bonds. The number of nitriles is 1. The molecule has 0 radical (unpaired) electrons. The van der Waals surface area contributed by atoms with Gasteiger partial charge >= 0.3 is 0 Å². The Bertz CT molecular complexity index is 812. The van der Waals surface area contributed by atoms with Crippen LogP contribution in [0.25, 0.3) is 16.8 Å². The highest BCUT2D eigenvalue weighted by Gasteiger charge is 2.14. The third kappa shape index (κ3) is 3.27. The molecule has 0 atom stereocenters. The van der Waals surface area contributed by atoms with E-state index in [0.29, 0.717) is 17.1 Å². The number of rotatable bonds is 4. The summed E-state index contributed by atoms with van der Waals surface area (Å²) in [5.74, 6) is 0.928. The van der Waals surface area contributed by atoms with Crippen molar-refractivity contribution in [2.75, 3.05) is 28.3 Å². The van der Waals surface area contributed by atoms with Crippen LogP contribution in [0.15, 0.2) is 35.9 Å². The summed E-state index contributed by atoms with van der Waals surface area (Å²) in [5, 5.41) is 11.1. The number of carbonyl (C=O) groups is 1. The van der Waals surface area contributed by atoms with Crippen molar-refractivity contribution in [2.45, 2.75) is 0 Å². The minimum Gasteiger partial charge on any atom is -0.497 e. The van der Waals surface area contributed by atoms with Gasteiger partial charge in [0.25, 0.3) is 5.91 Å². The van der Waals surface area contributed by atoms with Gasteiger partial charge in [-0.25, -0.2) is 0 Å². The van der Waals surface area contributed by atoms with E-state index in [0.717, 1.165) is 10.8 Å². The van der Waals surface area contributed by atoms with Gasteiger partial charge < -0.3 is 14.4 Å². The van der Waals surface area contributed by atoms with Gasteiger partial charge in [-0.15, -0.1) is 0 Å². The van der Waals surface area contributed by atoms with E-state index < -0.39 is 0 Å². The zero-order valence-electron chi connectivity index (χ0n) is 13.6. The number of hydrogen-bond acceptors (Lipinski definition) is 4. The monoisotopic (exact) mass is 310 g/mol. The van der Waals surface area contributed by atoms with Crippen LogP contribution in [0.3, 0.4) is 0 Å². The third-order valence-corrected chi connectivity index (χ3v) is 3.50. The molecule has 23 heavy (non-hydrogen) atoms. The molecular formula is C18H18N2O3. The molecule has 0 bridgehead atoms. The molecule has 5 nitrogen and oxygen atoms in total. The molecule has 0 unspecified atom stereocenters. The van der Waals surface area contributed by atoms with Crippen molar-refractivity contribution in [1.29, 1.82) is 5.26 Å². The van der Waals surface area contributed by atoms with Crippen LogP contribution in [0.2, 0.25) is 0 Å². The highest BCUT2D eigenvalue weighted by atomic mass is 16.5. The van der Waals surface area contributed by atoms with E-state index in [1.807, 2.05) is 36.4 Å². The van der Waals surface area contributed by atoms with Gasteiger partial charge in [0, 0.05) is 19.7 Å². The molecule has 0 aliphatic rings. The van der Waals surface area contributed by atoms with Gasteiger partial charge in [-0.2, -0.15) is 5.26 Å². The number of methoxy groups -OCH3 is 2. The second-order valence-electron chi connectivity index (χ2n) is 5.14. The fraction of sp³-hybridized carbons (Fsp3) is 0.222. The Morgan fingerprint density at radius 1 is 1.17 bits per heavy atom. The normalized spacial score (nSPS) is 11.0. The van der Waals surface area contributed by atoms with E-state index in [2.05, 4.69) is 0 Å². The van der Waals surface area contributed by atoms with Crippen molar-refractivity contribution in [3.63, 3.8) is 0 Å². The van der Waals surface area contributed by atoms with Crippen LogP contribution in [-0.2, 0) is 4.79 Å². The van der Waals surface area contributed by atoms with Crippen LogP contribution in [0, 0.1) is 11.3 Å². The second-order valence-corrected chi connectivity index (χ2v) is 5.14. The van der Waals surface area contributed by atoms with E-state index in [1.165, 1.54) is 4.90 Å². The smallest absolute Gasteiger partial charge is 0.264 e. The Morgan fingerprint density at radius 2 is 1.87 bits per heavy atom. The number of hydrogen-bond donors (Lipinski definition) is 0. The minimum atomic E-state index is -0.352. The molecular weight excluding hydrogens is 292 g/mol. The number of nitrogens with zero attached hydrogens (tertiary/aromatic N) is 2. The minimum absolute atomic E-state index is 0.0450. The second kappa shape index (κ2) is 6.84. The van der Waals surface area contributed by atoms with Crippen molar-refractivity contribution >= 4 is 22.8 Å². The van der Waals surface area contributed by atoms with Crippen LogP contribution in [-0.4, -0.2) is 39.1 Å². The van der Waals surface area contributed by atoms with E-state index in [9.17, 15) is 10.1 Å². The van der Waals surface area contributed by atoms with Crippen LogP contribution in [0.4, 0.5) is 0 Å². The predicted molar refractivity (Wildman–Crippen MR) is 89.3 cm³/mol. The summed E-state index contributed by atoms with van der Waals surface area (Å²) in [6.45, 7) is 0. The summed E-state index contributed by atoms with van der Waals surface area (Å²) in [5.41, 5.74) is 0.722. The number of ether oxygens (including phenoxy) is 2. The molecule has 0 saturated carbocycles. The highest BCUT2D eigenvalue weighted by molar-refractivity contribution is 6.05. The fourth-order valence-electron chi connectivity index (χ4n) is 2.28. The molecule has 0 saturated heterocycles. The van der Waals surface area contributed by atoms with Gasteiger partial charge in [0.15, 0.2) is 0 Å². The summed E-state index contributed by atoms with van der Waals surface area (Å²) >= 11 is 0. The van der Waals surface area contributed by atoms with Crippen molar-refractivity contribution in [3.05, 3.63) is 41.5 Å². The fourth-order valence-corrected chi connectivity index (χ4v) is 2.28. The molecule has 0 fully saturated rings. The molecule has 2 aromatic rings. The number of amides is 1. The Morgan fingerprint density at radius 3 is 2.43 bits per heavy atom. The first kappa shape index (κ1) is 16.4. The van der Waals surface area contributed by atoms with Gasteiger partial charge in [0.1, 0.15) is 23.1 Å². The molecule has 0 aromatic heterocycles. The van der Waals surface area contributed by atoms with Gasteiger partial charge in [-0.1, -0.05) is 12.1 Å². The first-order chi connectivity index (χ1) is 11.0. The molecule has 0 heterocycles. The number of carbonyl (C=O) groups excluding carboxylic acids is 1. The molecule has 118 valence electrons. The van der Waals surface area contributed by atoms with Crippen molar-refractivity contribution < 1.29 is 14.3 Å². The maximum atomic E-state index is 12.1. The predicted octanol–water partition coefficient (Wildman–Crippen LogP) is 2.85. The number of fused-ring (bicyclic) bond motifs is 1. The molecule has 0 spiro atoms. The van der Waals surface area contributed by atoms with E-state index >= 15 is 0 Å². The number of benzene rings is 2. The Balaban J connectivity index is 2.75. The highest BCUT2D eigenvalue weighted by Crippen LogP contribution is 2.32. The molecule has 5 heteroatoms. The first-order valence-electron chi connectivity index (χ1n) is 7.00. The quantitative estimate of drug-likeness (QED) is 0.643. The standard InChI is InChI=1S/C18H18N2O3/c1-20(2)18(21)13(11-19)9-16-15-10-14(22-3)7-5-12(15)6-8-17(16)23-4/h5-10H,1-4H3/b13-9-. The lowest BCUT2D eigenvalue weighted by atomic mass is 10.0. The first-order valence-corrected chi connectivity index (χ1v) is 7.00. The van der Waals surface area contributed by atoms with Gasteiger partial charge in [0.05, 0.1) is 14.2 Å². The summed E-state index contributed by atoms with van der Waals surface area (Å²) in [6, 6.07) is 11.3. The maximum absolute atomic E-state index is 12.1. The molecule has 0 aliphatic heterocycles. The van der Waals surface area contributed by atoms with Crippen LogP contribution in [0.5, 0.6) is 11.5 Å².